The first-order valence-electron chi connectivity index (χ1n) is 10.5. The molecule has 0 bridgehead atoms. The molecular formula is C22H37N3O3. The first-order valence-corrected chi connectivity index (χ1v) is 10.5. The van der Waals surface area contributed by atoms with Crippen LogP contribution in [0.15, 0.2) is 30.3 Å². The van der Waals surface area contributed by atoms with E-state index in [1.807, 2.05) is 51.1 Å². The molecule has 1 aromatic carbocycles. The molecule has 1 amide bonds. The number of amides is 1. The fraction of sp³-hybridized carbons (Fsp3) is 0.682. The van der Waals surface area contributed by atoms with Crippen molar-refractivity contribution in [3.05, 3.63) is 35.9 Å². The quantitative estimate of drug-likeness (QED) is 0.592. The summed E-state index contributed by atoms with van der Waals surface area (Å²) in [5.41, 5.74) is 9.88. The van der Waals surface area contributed by atoms with Gasteiger partial charge in [-0.15, -0.1) is 0 Å². The van der Waals surface area contributed by atoms with Gasteiger partial charge in [0.2, 0.25) is 0 Å². The lowest BCUT2D eigenvalue weighted by Crippen LogP contribution is -2.53. The standard InChI is InChI=1S/C22H37N3O3/c1-22(2,3)28-21(27)25(24-15-18-12-8-5-9-13-18)16-20(26)19(23)14-17-10-6-4-7-11-17/h4,6-7,10-11,18-20,24,26H,5,8-9,12-16,23H2,1-3H3/t19-,20-/m0/s1. The predicted octanol–water partition coefficient (Wildman–Crippen LogP) is 3.24. The summed E-state index contributed by atoms with van der Waals surface area (Å²) in [6, 6.07) is 9.36. The summed E-state index contributed by atoms with van der Waals surface area (Å²) in [5, 5.41) is 12.0. The van der Waals surface area contributed by atoms with Crippen LogP contribution >= 0.6 is 0 Å². The third kappa shape index (κ3) is 8.17. The zero-order valence-corrected chi connectivity index (χ0v) is 17.6. The molecule has 0 aliphatic heterocycles. The van der Waals surface area contributed by atoms with Crippen LogP contribution in [-0.4, -0.2) is 47.0 Å². The van der Waals surface area contributed by atoms with Gasteiger partial charge in [-0.25, -0.2) is 15.2 Å². The highest BCUT2D eigenvalue weighted by Gasteiger charge is 2.27. The molecule has 0 saturated heterocycles. The van der Waals surface area contributed by atoms with E-state index in [4.69, 9.17) is 10.5 Å². The minimum absolute atomic E-state index is 0.0929. The number of ether oxygens (including phenoxy) is 1. The van der Waals surface area contributed by atoms with Crippen LogP contribution in [0.25, 0.3) is 0 Å². The third-order valence-electron chi connectivity index (χ3n) is 5.09. The van der Waals surface area contributed by atoms with Crippen LogP contribution in [0.3, 0.4) is 0 Å². The molecule has 6 heteroatoms. The number of rotatable bonds is 8. The van der Waals surface area contributed by atoms with Gasteiger partial charge in [0.05, 0.1) is 12.6 Å². The molecule has 158 valence electrons. The van der Waals surface area contributed by atoms with Crippen molar-refractivity contribution < 1.29 is 14.6 Å². The second-order valence-corrected chi connectivity index (χ2v) is 8.88. The average Bonchev–Trinajstić information content (AvgIpc) is 2.65. The average molecular weight is 392 g/mol. The number of nitrogens with one attached hydrogen (secondary N) is 1. The second-order valence-electron chi connectivity index (χ2n) is 8.88. The van der Waals surface area contributed by atoms with E-state index in [2.05, 4.69) is 5.43 Å². The lowest BCUT2D eigenvalue weighted by Gasteiger charge is -2.32. The Kier molecular flexibility index (Phi) is 8.73. The molecule has 1 saturated carbocycles. The highest BCUT2D eigenvalue weighted by molar-refractivity contribution is 5.67. The third-order valence-corrected chi connectivity index (χ3v) is 5.09. The van der Waals surface area contributed by atoms with Crippen LogP contribution in [-0.2, 0) is 11.2 Å². The number of carbonyl (C=O) groups is 1. The van der Waals surface area contributed by atoms with Gasteiger partial charge in [0, 0.05) is 12.6 Å². The lowest BCUT2D eigenvalue weighted by atomic mass is 9.89. The number of nitrogens with zero attached hydrogens (tertiary/aromatic N) is 1. The maximum absolute atomic E-state index is 12.6. The summed E-state index contributed by atoms with van der Waals surface area (Å²) in [4.78, 5) is 12.6. The summed E-state index contributed by atoms with van der Waals surface area (Å²) in [6.07, 6.45) is 5.33. The van der Waals surface area contributed by atoms with E-state index < -0.39 is 23.8 Å². The van der Waals surface area contributed by atoms with Crippen molar-refractivity contribution in [3.8, 4) is 0 Å². The molecular weight excluding hydrogens is 354 g/mol. The molecule has 1 fully saturated rings. The summed E-state index contributed by atoms with van der Waals surface area (Å²) in [5.74, 6) is 0.550. The van der Waals surface area contributed by atoms with Gasteiger partial charge in [0.15, 0.2) is 0 Å². The molecule has 0 aromatic heterocycles. The van der Waals surface area contributed by atoms with Gasteiger partial charge in [-0.2, -0.15) is 0 Å². The Morgan fingerprint density at radius 3 is 2.50 bits per heavy atom. The molecule has 1 aliphatic carbocycles. The smallest absolute Gasteiger partial charge is 0.424 e. The molecule has 2 atom stereocenters. The zero-order valence-electron chi connectivity index (χ0n) is 17.6. The van der Waals surface area contributed by atoms with Crippen molar-refractivity contribution in [2.45, 2.75) is 77.0 Å². The number of carbonyl (C=O) groups excluding carboxylic acids is 1. The van der Waals surface area contributed by atoms with Crippen LogP contribution in [0.2, 0.25) is 0 Å². The Morgan fingerprint density at radius 1 is 1.25 bits per heavy atom. The van der Waals surface area contributed by atoms with Gasteiger partial charge in [-0.1, -0.05) is 49.6 Å². The van der Waals surface area contributed by atoms with E-state index in [1.165, 1.54) is 37.1 Å². The Labute approximate surface area is 169 Å². The number of hydrogen-bond donors (Lipinski definition) is 3. The molecule has 0 spiro atoms. The summed E-state index contributed by atoms with van der Waals surface area (Å²) in [6.45, 7) is 6.31. The second kappa shape index (κ2) is 10.8. The van der Waals surface area contributed by atoms with Crippen molar-refractivity contribution in [2.24, 2.45) is 11.7 Å². The Morgan fingerprint density at radius 2 is 1.89 bits per heavy atom. The maximum Gasteiger partial charge on any atom is 0.424 e. The van der Waals surface area contributed by atoms with E-state index in [0.29, 0.717) is 18.9 Å². The van der Waals surface area contributed by atoms with E-state index in [9.17, 15) is 9.90 Å². The van der Waals surface area contributed by atoms with Crippen molar-refractivity contribution in [1.29, 1.82) is 0 Å². The molecule has 1 aromatic rings. The zero-order chi connectivity index (χ0) is 20.6. The van der Waals surface area contributed by atoms with Gasteiger partial charge in [0.1, 0.15) is 5.60 Å². The number of aliphatic hydroxyl groups excluding tert-OH is 1. The van der Waals surface area contributed by atoms with Gasteiger partial charge in [-0.05, 0) is 51.5 Å². The minimum Gasteiger partial charge on any atom is -0.443 e. The molecule has 1 aliphatic rings. The Hall–Kier alpha value is -1.63. The van der Waals surface area contributed by atoms with E-state index in [-0.39, 0.29) is 6.54 Å². The predicted molar refractivity (Wildman–Crippen MR) is 112 cm³/mol. The van der Waals surface area contributed by atoms with E-state index in [0.717, 1.165) is 5.56 Å². The molecule has 6 nitrogen and oxygen atoms in total. The van der Waals surface area contributed by atoms with Crippen LogP contribution in [0.5, 0.6) is 0 Å². The number of hydrazine groups is 1. The Balaban J connectivity index is 1.94. The number of aliphatic hydroxyl groups is 1. The van der Waals surface area contributed by atoms with Crippen LogP contribution < -0.4 is 11.2 Å². The van der Waals surface area contributed by atoms with Crippen LogP contribution in [0.1, 0.15) is 58.4 Å². The lowest BCUT2D eigenvalue weighted by molar-refractivity contribution is -0.00379. The maximum atomic E-state index is 12.6. The van der Waals surface area contributed by atoms with Gasteiger partial charge in [-0.3, -0.25) is 0 Å². The largest absolute Gasteiger partial charge is 0.443 e. The van der Waals surface area contributed by atoms with Gasteiger partial charge in [0.25, 0.3) is 0 Å². The molecule has 4 N–H and O–H groups in total. The number of nitrogens with two attached hydrogens (primary N) is 1. The number of benzene rings is 1. The fourth-order valence-electron chi connectivity index (χ4n) is 3.50. The molecule has 0 radical (unpaired) electrons. The molecule has 0 heterocycles. The van der Waals surface area contributed by atoms with Crippen molar-refractivity contribution in [2.75, 3.05) is 13.1 Å². The number of hydrogen-bond acceptors (Lipinski definition) is 5. The minimum atomic E-state index is -0.855. The highest BCUT2D eigenvalue weighted by Crippen LogP contribution is 2.23. The van der Waals surface area contributed by atoms with E-state index in [1.54, 1.807) is 0 Å². The van der Waals surface area contributed by atoms with Crippen molar-refractivity contribution >= 4 is 6.09 Å². The monoisotopic (exact) mass is 391 g/mol. The fourth-order valence-corrected chi connectivity index (χ4v) is 3.50. The van der Waals surface area contributed by atoms with E-state index >= 15 is 0 Å². The van der Waals surface area contributed by atoms with Gasteiger partial charge < -0.3 is 15.6 Å². The Bertz CT molecular complexity index is 582. The normalized spacial score (nSPS) is 17.8. The first-order chi connectivity index (χ1) is 13.2. The molecule has 0 unspecified atom stereocenters. The van der Waals surface area contributed by atoms with Gasteiger partial charge >= 0.3 is 6.09 Å². The summed E-state index contributed by atoms with van der Waals surface area (Å²) in [7, 11) is 0. The van der Waals surface area contributed by atoms with Crippen molar-refractivity contribution in [1.82, 2.24) is 10.4 Å². The van der Waals surface area contributed by atoms with Crippen LogP contribution in [0, 0.1) is 5.92 Å². The summed E-state index contributed by atoms with van der Waals surface area (Å²) >= 11 is 0. The SMILES string of the molecule is CC(C)(C)OC(=O)N(C[C@H](O)[C@@H](N)Cc1ccccc1)NCC1CCCCC1. The van der Waals surface area contributed by atoms with Crippen LogP contribution in [0.4, 0.5) is 4.79 Å². The molecule has 2 rings (SSSR count). The van der Waals surface area contributed by atoms with Crippen molar-refractivity contribution in [3.63, 3.8) is 0 Å². The summed E-state index contributed by atoms with van der Waals surface area (Å²) < 4.78 is 5.51. The molecule has 28 heavy (non-hydrogen) atoms. The first kappa shape index (κ1) is 22.7. The highest BCUT2D eigenvalue weighted by atomic mass is 16.6. The topological polar surface area (TPSA) is 87.8 Å².